The van der Waals surface area contributed by atoms with Crippen LogP contribution in [0.5, 0.6) is 0 Å². The summed E-state index contributed by atoms with van der Waals surface area (Å²) in [6.07, 6.45) is 3.20. The first-order valence-corrected chi connectivity index (χ1v) is 12.8. The summed E-state index contributed by atoms with van der Waals surface area (Å²) in [6.45, 7) is 1.55. The molecule has 0 amide bonds. The molecule has 0 radical (unpaired) electrons. The van der Waals surface area contributed by atoms with Crippen LogP contribution in [-0.2, 0) is 22.6 Å². The van der Waals surface area contributed by atoms with Gasteiger partial charge in [-0.3, -0.25) is 28.8 Å². The molecule has 4 rings (SSSR count). The summed E-state index contributed by atoms with van der Waals surface area (Å²) in [7, 11) is 0. The fraction of sp³-hybridized carbons (Fsp3) is 0.167. The zero-order valence-corrected chi connectivity index (χ0v) is 22.4. The predicted molar refractivity (Wildman–Crippen MR) is 151 cm³/mol. The number of nitrogens with zero attached hydrogens (tertiary/aromatic N) is 3. The van der Waals surface area contributed by atoms with Gasteiger partial charge in [-0.05, 0) is 41.8 Å². The predicted octanol–water partition coefficient (Wildman–Crippen LogP) is 5.38. The normalized spacial score (nSPS) is 11.8. The summed E-state index contributed by atoms with van der Waals surface area (Å²) in [6, 6.07) is 24.3. The maximum Gasteiger partial charge on any atom is 0.330 e. The number of benzene rings is 3. The highest BCUT2D eigenvalue weighted by Crippen LogP contribution is 2.22. The second-order valence-electron chi connectivity index (χ2n) is 9.03. The number of ketones is 1. The Hall–Kier alpha value is -4.76. The number of Topliss-reactive ketones (excluding diaryl/α,β-unsaturated/α-hetero) is 1. The fourth-order valence-electron chi connectivity index (χ4n) is 4.07. The number of nitro groups is 1. The third kappa shape index (κ3) is 6.62. The van der Waals surface area contributed by atoms with Gasteiger partial charge in [-0.1, -0.05) is 78.3 Å². The Bertz CT molecular complexity index is 1590. The smallest absolute Gasteiger partial charge is 0.330 e. The van der Waals surface area contributed by atoms with Crippen LogP contribution >= 0.6 is 11.6 Å². The van der Waals surface area contributed by atoms with Gasteiger partial charge in [0, 0.05) is 12.1 Å². The molecule has 0 saturated carbocycles. The Labute approximate surface area is 235 Å². The average Bonchev–Trinajstić information content (AvgIpc) is 3.19. The van der Waals surface area contributed by atoms with Crippen molar-refractivity contribution in [3.63, 3.8) is 0 Å². The molecule has 204 valence electrons. The zero-order valence-electron chi connectivity index (χ0n) is 21.6. The quantitative estimate of drug-likeness (QED) is 0.0801. The van der Waals surface area contributed by atoms with Crippen molar-refractivity contribution in [1.82, 2.24) is 9.13 Å². The van der Waals surface area contributed by atoms with Crippen LogP contribution in [0, 0.1) is 16.0 Å². The van der Waals surface area contributed by atoms with Crippen LogP contribution in [0.15, 0.2) is 95.8 Å². The van der Waals surface area contributed by atoms with Crippen molar-refractivity contribution in [2.45, 2.75) is 20.0 Å². The minimum Gasteiger partial charge on any atom is -0.461 e. The maximum atomic E-state index is 13.5. The highest BCUT2D eigenvalue weighted by Gasteiger charge is 2.32. The molecule has 0 bridgehead atoms. The van der Waals surface area contributed by atoms with E-state index in [9.17, 15) is 24.5 Å². The third-order valence-corrected chi connectivity index (χ3v) is 6.63. The van der Waals surface area contributed by atoms with Crippen LogP contribution < -0.4 is 5.69 Å². The number of rotatable bonds is 11. The number of halogens is 1. The van der Waals surface area contributed by atoms with E-state index in [2.05, 4.69) is 0 Å². The number of non-ortho nitro benzene ring substituents is 1. The number of nitro benzene ring substituents is 1. The van der Waals surface area contributed by atoms with Crippen LogP contribution in [0.3, 0.4) is 0 Å². The Balaban J connectivity index is 1.53. The number of ether oxygens (including phenoxy) is 1. The number of hydrogen-bond acceptors (Lipinski definition) is 6. The van der Waals surface area contributed by atoms with Gasteiger partial charge < -0.3 is 4.74 Å². The van der Waals surface area contributed by atoms with Gasteiger partial charge in [-0.15, -0.1) is 0 Å². The number of aromatic nitrogens is 2. The lowest BCUT2D eigenvalue weighted by Gasteiger charge is -2.12. The van der Waals surface area contributed by atoms with E-state index in [0.717, 1.165) is 11.1 Å². The number of imidazole rings is 1. The Morgan fingerprint density at radius 3 is 2.02 bits per heavy atom. The molecule has 1 heterocycles. The average molecular weight is 560 g/mol. The molecular weight excluding hydrogens is 534 g/mol. The van der Waals surface area contributed by atoms with Crippen molar-refractivity contribution in [3.8, 4) is 0 Å². The van der Waals surface area contributed by atoms with Crippen LogP contribution in [0.2, 0.25) is 5.15 Å². The largest absolute Gasteiger partial charge is 0.461 e. The van der Waals surface area contributed by atoms with Crippen LogP contribution in [0.1, 0.15) is 34.1 Å². The maximum absolute atomic E-state index is 13.5. The molecule has 0 fully saturated rings. The van der Waals surface area contributed by atoms with Crippen molar-refractivity contribution in [2.24, 2.45) is 5.92 Å². The highest BCUT2D eigenvalue weighted by molar-refractivity contribution is 6.33. The van der Waals surface area contributed by atoms with Gasteiger partial charge in [0.15, 0.2) is 5.78 Å². The minimum absolute atomic E-state index is 0.0297. The zero-order chi connectivity index (χ0) is 28.6. The number of carbonyl (C=O) groups excluding carboxylic acids is 2. The lowest BCUT2D eigenvalue weighted by atomic mass is 10.0. The summed E-state index contributed by atoms with van der Waals surface area (Å²) in [5.41, 5.74) is 1.75. The van der Waals surface area contributed by atoms with Crippen molar-refractivity contribution in [2.75, 3.05) is 6.61 Å². The third-order valence-electron chi connectivity index (χ3n) is 6.25. The molecule has 10 heteroatoms. The molecule has 1 aromatic heterocycles. The molecule has 0 aliphatic rings. The Morgan fingerprint density at radius 2 is 1.48 bits per heavy atom. The number of esters is 1. The minimum atomic E-state index is -1.22. The van der Waals surface area contributed by atoms with Crippen molar-refractivity contribution < 1.29 is 19.2 Å². The molecule has 1 atom stereocenters. The Kier molecular flexibility index (Phi) is 9.08. The lowest BCUT2D eigenvalue weighted by molar-refractivity contribution is -0.384. The summed E-state index contributed by atoms with van der Waals surface area (Å²) < 4.78 is 7.88. The molecule has 0 saturated heterocycles. The van der Waals surface area contributed by atoms with E-state index in [1.807, 2.05) is 60.7 Å². The van der Waals surface area contributed by atoms with Crippen molar-refractivity contribution in [1.29, 1.82) is 0 Å². The van der Waals surface area contributed by atoms with Gasteiger partial charge in [0.2, 0.25) is 0 Å². The van der Waals surface area contributed by atoms with E-state index >= 15 is 0 Å². The summed E-state index contributed by atoms with van der Waals surface area (Å²) in [5, 5.41) is 10.7. The number of carbonyl (C=O) groups is 2. The second kappa shape index (κ2) is 12.9. The molecular formula is C30H26ClN3O6. The molecule has 1 unspecified atom stereocenters. The molecule has 0 aliphatic heterocycles. The molecule has 0 aliphatic carbocycles. The van der Waals surface area contributed by atoms with Crippen LogP contribution in [0.25, 0.3) is 6.08 Å². The van der Waals surface area contributed by atoms with E-state index in [1.54, 1.807) is 24.3 Å². The van der Waals surface area contributed by atoms with E-state index < -0.39 is 28.3 Å². The first kappa shape index (κ1) is 28.3. The monoisotopic (exact) mass is 559 g/mol. The van der Waals surface area contributed by atoms with E-state index in [4.69, 9.17) is 16.3 Å². The van der Waals surface area contributed by atoms with Crippen molar-refractivity contribution in [3.05, 3.63) is 139 Å². The van der Waals surface area contributed by atoms with Crippen LogP contribution in [-0.4, -0.2) is 32.4 Å². The highest BCUT2D eigenvalue weighted by atomic mass is 35.5. The van der Waals surface area contributed by atoms with Crippen LogP contribution in [0.4, 0.5) is 5.69 Å². The van der Waals surface area contributed by atoms with Gasteiger partial charge in [0.1, 0.15) is 23.4 Å². The molecule has 0 N–H and O–H groups in total. The molecule has 40 heavy (non-hydrogen) atoms. The lowest BCUT2D eigenvalue weighted by Crippen LogP contribution is -2.30. The standard InChI is InChI=1S/C30H26ClN3O6/c1-21(29(36)40-18-8-13-22-14-16-25(17-15-22)34(38)39)27(35)26-28(31)33(20-24-11-6-3-7-12-24)30(37)32(26)19-23-9-4-2-5-10-23/h2-17,21H,18-20H2,1H3/b13-8+. The Morgan fingerprint density at radius 1 is 0.925 bits per heavy atom. The van der Waals surface area contributed by atoms with E-state index in [1.165, 1.54) is 28.2 Å². The fourth-order valence-corrected chi connectivity index (χ4v) is 4.40. The number of hydrogen-bond donors (Lipinski definition) is 0. The topological polar surface area (TPSA) is 113 Å². The SMILES string of the molecule is CC(C(=O)OC/C=C/c1ccc([N+](=O)[O-])cc1)C(=O)c1c(Cl)n(Cc2ccccc2)c(=O)n1Cc1ccccc1. The molecule has 9 nitrogen and oxygen atoms in total. The first-order valence-electron chi connectivity index (χ1n) is 12.4. The summed E-state index contributed by atoms with van der Waals surface area (Å²) in [5.74, 6) is -2.63. The molecule has 4 aromatic rings. The van der Waals surface area contributed by atoms with Crippen molar-refractivity contribution >= 4 is 35.1 Å². The molecule has 3 aromatic carbocycles. The van der Waals surface area contributed by atoms with Gasteiger partial charge in [0.05, 0.1) is 18.0 Å². The van der Waals surface area contributed by atoms with Gasteiger partial charge in [0.25, 0.3) is 5.69 Å². The van der Waals surface area contributed by atoms with Gasteiger partial charge >= 0.3 is 11.7 Å². The van der Waals surface area contributed by atoms with Gasteiger partial charge in [-0.25, -0.2) is 4.79 Å². The van der Waals surface area contributed by atoms with E-state index in [-0.39, 0.29) is 36.2 Å². The summed E-state index contributed by atoms with van der Waals surface area (Å²) in [4.78, 5) is 50.0. The summed E-state index contributed by atoms with van der Waals surface area (Å²) >= 11 is 6.64. The van der Waals surface area contributed by atoms with Gasteiger partial charge in [-0.2, -0.15) is 0 Å². The first-order chi connectivity index (χ1) is 19.3. The molecule has 0 spiro atoms. The van der Waals surface area contributed by atoms with E-state index in [0.29, 0.717) is 5.56 Å². The second-order valence-corrected chi connectivity index (χ2v) is 9.39.